The lowest BCUT2D eigenvalue weighted by molar-refractivity contribution is -0.150. The summed E-state index contributed by atoms with van der Waals surface area (Å²) in [5.41, 5.74) is 0.375. The van der Waals surface area contributed by atoms with Gasteiger partial charge in [0, 0.05) is 31.6 Å². The minimum absolute atomic E-state index is 0.0465. The Balaban J connectivity index is 1.59. The van der Waals surface area contributed by atoms with Crippen molar-refractivity contribution >= 4 is 23.7 Å². The second-order valence-corrected chi connectivity index (χ2v) is 9.09. The number of urea groups is 1. The predicted molar refractivity (Wildman–Crippen MR) is 137 cm³/mol. The topological polar surface area (TPSA) is 130 Å². The van der Waals surface area contributed by atoms with Crippen molar-refractivity contribution in [2.24, 2.45) is 0 Å². The number of hydrogen-bond acceptors (Lipinski definition) is 6. The fourth-order valence-corrected chi connectivity index (χ4v) is 4.43. The van der Waals surface area contributed by atoms with Gasteiger partial charge in [-0.05, 0) is 36.8 Å². The molecule has 2 aromatic heterocycles. The van der Waals surface area contributed by atoms with Crippen LogP contribution in [0.15, 0.2) is 54.9 Å². The van der Waals surface area contributed by atoms with Crippen molar-refractivity contribution in [2.75, 3.05) is 25.6 Å². The molecule has 3 N–H and O–H groups in total. The Labute approximate surface area is 231 Å². The lowest BCUT2D eigenvalue weighted by atomic mass is 10.0. The van der Waals surface area contributed by atoms with Gasteiger partial charge in [-0.3, -0.25) is 14.3 Å². The van der Waals surface area contributed by atoms with Crippen molar-refractivity contribution in [3.8, 4) is 0 Å². The smallest absolute Gasteiger partial charge is 0.382 e. The highest BCUT2D eigenvalue weighted by Crippen LogP contribution is 2.31. The van der Waals surface area contributed by atoms with Crippen LogP contribution in [0, 0.1) is 5.82 Å². The van der Waals surface area contributed by atoms with Crippen molar-refractivity contribution in [1.82, 2.24) is 30.3 Å². The van der Waals surface area contributed by atoms with Crippen molar-refractivity contribution in [2.45, 2.75) is 37.8 Å². The molecule has 1 saturated heterocycles. The Bertz CT molecular complexity index is 1410. The standard InChI is InChI=1S/C26H27F4N7O4/c1-3-37-18(9-11-32-37)23(38)35-22(16-6-4-5-7-17(16)27)24(39)34-21-12-15(8-10-31-21)19(14-41-2)36-13-20(26(28,29)30)33-25(36)40/h4-12,19-20,22H,3,13-14H2,1-2H3,(H,33,40)(H,35,38)(H,31,34,39)/t19-,20+,22+/m1/s1. The molecule has 3 aromatic rings. The van der Waals surface area contributed by atoms with E-state index in [-0.39, 0.29) is 23.7 Å². The van der Waals surface area contributed by atoms with Gasteiger partial charge in [-0.15, -0.1) is 0 Å². The zero-order valence-electron chi connectivity index (χ0n) is 22.0. The van der Waals surface area contributed by atoms with Gasteiger partial charge in [0.25, 0.3) is 11.8 Å². The van der Waals surface area contributed by atoms with Crippen LogP contribution in [-0.4, -0.2) is 70.0 Å². The summed E-state index contributed by atoms with van der Waals surface area (Å²) >= 11 is 0. The molecule has 3 heterocycles. The van der Waals surface area contributed by atoms with Crippen LogP contribution in [0.4, 0.5) is 28.2 Å². The number of pyridine rings is 1. The van der Waals surface area contributed by atoms with Gasteiger partial charge in [-0.25, -0.2) is 14.2 Å². The number of nitrogens with zero attached hydrogens (tertiary/aromatic N) is 4. The second-order valence-electron chi connectivity index (χ2n) is 9.09. The number of methoxy groups -OCH3 is 1. The molecule has 0 aliphatic carbocycles. The molecule has 1 aliphatic heterocycles. The summed E-state index contributed by atoms with van der Waals surface area (Å²) < 4.78 is 61.0. The number of alkyl halides is 3. The van der Waals surface area contributed by atoms with Crippen LogP contribution in [0.3, 0.4) is 0 Å². The van der Waals surface area contributed by atoms with Crippen molar-refractivity contribution in [3.63, 3.8) is 0 Å². The zero-order valence-corrected chi connectivity index (χ0v) is 22.0. The number of rotatable bonds is 10. The monoisotopic (exact) mass is 577 g/mol. The third kappa shape index (κ3) is 6.62. The van der Waals surface area contributed by atoms with E-state index in [4.69, 9.17) is 4.74 Å². The van der Waals surface area contributed by atoms with Crippen molar-refractivity contribution in [3.05, 3.63) is 77.5 Å². The molecular weight excluding hydrogens is 550 g/mol. The number of anilines is 1. The highest BCUT2D eigenvalue weighted by molar-refractivity contribution is 6.00. The van der Waals surface area contributed by atoms with Gasteiger partial charge in [-0.1, -0.05) is 18.2 Å². The number of aromatic nitrogens is 3. The maximum absolute atomic E-state index is 14.8. The number of amides is 4. The normalized spacial score (nSPS) is 16.7. The number of hydrogen-bond donors (Lipinski definition) is 3. The minimum atomic E-state index is -4.64. The number of carbonyl (C=O) groups is 3. The lowest BCUT2D eigenvalue weighted by Crippen LogP contribution is -2.40. The molecule has 0 spiro atoms. The average molecular weight is 578 g/mol. The van der Waals surface area contributed by atoms with Gasteiger partial charge in [0.2, 0.25) is 0 Å². The summed E-state index contributed by atoms with van der Waals surface area (Å²) in [4.78, 5) is 43.9. The predicted octanol–water partition coefficient (Wildman–Crippen LogP) is 3.19. The number of ether oxygens (including phenoxy) is 1. The molecule has 1 aromatic carbocycles. The highest BCUT2D eigenvalue weighted by atomic mass is 19.4. The maximum Gasteiger partial charge on any atom is 0.410 e. The maximum atomic E-state index is 14.8. The number of aryl methyl sites for hydroxylation is 1. The first kappa shape index (κ1) is 29.5. The number of halogens is 4. The third-order valence-electron chi connectivity index (χ3n) is 6.46. The molecular formula is C26H27F4N7O4. The van der Waals surface area contributed by atoms with Gasteiger partial charge in [0.15, 0.2) is 0 Å². The molecule has 15 heteroatoms. The molecule has 1 aliphatic rings. The van der Waals surface area contributed by atoms with Gasteiger partial charge in [-0.2, -0.15) is 18.3 Å². The fourth-order valence-electron chi connectivity index (χ4n) is 4.43. The van der Waals surface area contributed by atoms with E-state index in [1.807, 2.05) is 5.32 Å². The van der Waals surface area contributed by atoms with Crippen LogP contribution < -0.4 is 16.0 Å². The summed E-state index contributed by atoms with van der Waals surface area (Å²) in [5.74, 6) is -2.29. The highest BCUT2D eigenvalue weighted by Gasteiger charge is 2.48. The summed E-state index contributed by atoms with van der Waals surface area (Å²) in [6.45, 7) is 1.37. The molecule has 0 bridgehead atoms. The average Bonchev–Trinajstić information content (AvgIpc) is 3.57. The fraction of sp³-hybridized carbons (Fsp3) is 0.346. The summed E-state index contributed by atoms with van der Waals surface area (Å²) in [6, 6.07) is 4.30. The van der Waals surface area contributed by atoms with E-state index < -0.39 is 54.5 Å². The van der Waals surface area contributed by atoms with Crippen LogP contribution >= 0.6 is 0 Å². The number of benzene rings is 1. The quantitative estimate of drug-likeness (QED) is 0.318. The molecule has 3 atom stereocenters. The Morgan fingerprint density at radius 1 is 1.20 bits per heavy atom. The number of carbonyl (C=O) groups excluding carboxylic acids is 3. The molecule has 41 heavy (non-hydrogen) atoms. The first-order chi connectivity index (χ1) is 19.5. The molecule has 0 saturated carbocycles. The Morgan fingerprint density at radius 3 is 2.61 bits per heavy atom. The molecule has 4 amide bonds. The van der Waals surface area contributed by atoms with Gasteiger partial charge < -0.3 is 25.6 Å². The molecule has 1 fully saturated rings. The van der Waals surface area contributed by atoms with E-state index in [0.29, 0.717) is 12.1 Å². The van der Waals surface area contributed by atoms with E-state index in [1.54, 1.807) is 6.92 Å². The van der Waals surface area contributed by atoms with E-state index in [2.05, 4.69) is 20.7 Å². The Morgan fingerprint density at radius 2 is 1.95 bits per heavy atom. The van der Waals surface area contributed by atoms with E-state index in [1.165, 1.54) is 60.6 Å². The van der Waals surface area contributed by atoms with Gasteiger partial charge in [0.05, 0.1) is 19.2 Å². The Hall–Kier alpha value is -4.53. The van der Waals surface area contributed by atoms with Crippen LogP contribution in [0.5, 0.6) is 0 Å². The van der Waals surface area contributed by atoms with Gasteiger partial charge >= 0.3 is 12.2 Å². The molecule has 0 unspecified atom stereocenters. The third-order valence-corrected chi connectivity index (χ3v) is 6.46. The van der Waals surface area contributed by atoms with Crippen LogP contribution in [0.25, 0.3) is 0 Å². The SMILES string of the molecule is CCn1nccc1C(=O)N[C@H](C(=O)Nc1cc([C@@H](COC)N2C[C@@H](C(F)(F)F)NC2=O)ccn1)c1ccccc1F. The van der Waals surface area contributed by atoms with Crippen molar-refractivity contribution in [1.29, 1.82) is 0 Å². The summed E-state index contributed by atoms with van der Waals surface area (Å²) in [7, 11) is 1.33. The van der Waals surface area contributed by atoms with E-state index >= 15 is 0 Å². The van der Waals surface area contributed by atoms with E-state index in [0.717, 1.165) is 11.0 Å². The van der Waals surface area contributed by atoms with Crippen LogP contribution in [0.1, 0.15) is 40.6 Å². The first-order valence-electron chi connectivity index (χ1n) is 12.5. The number of nitrogens with one attached hydrogen (secondary N) is 3. The largest absolute Gasteiger partial charge is 0.410 e. The zero-order chi connectivity index (χ0) is 29.7. The molecule has 0 radical (unpaired) electrons. The summed E-state index contributed by atoms with van der Waals surface area (Å²) in [6.07, 6.45) is -1.93. The van der Waals surface area contributed by atoms with Crippen LogP contribution in [0.2, 0.25) is 0 Å². The van der Waals surface area contributed by atoms with Gasteiger partial charge in [0.1, 0.15) is 29.4 Å². The van der Waals surface area contributed by atoms with Crippen molar-refractivity contribution < 1.29 is 36.7 Å². The lowest BCUT2D eigenvalue weighted by Gasteiger charge is -2.27. The minimum Gasteiger partial charge on any atom is -0.382 e. The van der Waals surface area contributed by atoms with Crippen LogP contribution in [-0.2, 0) is 16.1 Å². The first-order valence-corrected chi connectivity index (χ1v) is 12.5. The molecule has 4 rings (SSSR count). The second kappa shape index (κ2) is 12.3. The molecule has 218 valence electrons. The summed E-state index contributed by atoms with van der Waals surface area (Å²) in [5, 5.41) is 11.0. The Kier molecular flexibility index (Phi) is 8.86. The molecule has 11 nitrogen and oxygen atoms in total. The van der Waals surface area contributed by atoms with E-state index in [9.17, 15) is 31.9 Å².